The van der Waals surface area contributed by atoms with E-state index in [4.69, 9.17) is 11.6 Å². The van der Waals surface area contributed by atoms with Crippen LogP contribution in [0.25, 0.3) is 0 Å². The van der Waals surface area contributed by atoms with Crippen LogP contribution < -0.4 is 10.0 Å². The molecule has 3 rings (SSSR count). The molecule has 0 saturated heterocycles. The van der Waals surface area contributed by atoms with Gasteiger partial charge in [-0.3, -0.25) is 9.52 Å². The molecule has 0 heterocycles. The third-order valence-corrected chi connectivity index (χ3v) is 5.87. The Morgan fingerprint density at radius 2 is 1.68 bits per heavy atom. The third-order valence-electron chi connectivity index (χ3n) is 4.23. The Morgan fingerprint density at radius 1 is 1.00 bits per heavy atom. The van der Waals surface area contributed by atoms with Crippen LogP contribution in [0.1, 0.15) is 25.7 Å². The van der Waals surface area contributed by atoms with E-state index in [1.807, 2.05) is 0 Å². The molecule has 2 N–H and O–H groups in total. The van der Waals surface area contributed by atoms with Crippen molar-refractivity contribution < 1.29 is 13.2 Å². The number of benzene rings is 2. The molecule has 0 radical (unpaired) electrons. The Kier molecular flexibility index (Phi) is 5.30. The van der Waals surface area contributed by atoms with Crippen LogP contribution in [-0.2, 0) is 14.8 Å². The van der Waals surface area contributed by atoms with E-state index >= 15 is 0 Å². The first-order chi connectivity index (χ1) is 11.9. The van der Waals surface area contributed by atoms with Gasteiger partial charge in [-0.15, -0.1) is 0 Å². The minimum Gasteiger partial charge on any atom is -0.326 e. The summed E-state index contributed by atoms with van der Waals surface area (Å²) in [5.74, 6) is -0.0230. The second-order valence-electron chi connectivity index (χ2n) is 6.11. The summed E-state index contributed by atoms with van der Waals surface area (Å²) < 4.78 is 27.5. The molecule has 1 fully saturated rings. The van der Waals surface area contributed by atoms with E-state index in [1.165, 1.54) is 12.1 Å². The maximum atomic E-state index is 12.5. The van der Waals surface area contributed by atoms with Gasteiger partial charge in [0, 0.05) is 22.3 Å². The number of carbonyl (C=O) groups is 1. The van der Waals surface area contributed by atoms with Crippen molar-refractivity contribution in [1.29, 1.82) is 0 Å². The van der Waals surface area contributed by atoms with Crippen molar-refractivity contribution in [2.24, 2.45) is 5.92 Å². The maximum absolute atomic E-state index is 12.5. The number of hydrogen-bond donors (Lipinski definition) is 2. The fourth-order valence-electron chi connectivity index (χ4n) is 2.91. The maximum Gasteiger partial charge on any atom is 0.261 e. The molecule has 0 unspecified atom stereocenters. The van der Waals surface area contributed by atoms with Gasteiger partial charge >= 0.3 is 0 Å². The fourth-order valence-corrected chi connectivity index (χ4v) is 4.14. The zero-order chi connectivity index (χ0) is 17.9. The Bertz CT molecular complexity index is 860. The monoisotopic (exact) mass is 378 g/mol. The molecule has 1 saturated carbocycles. The average molecular weight is 379 g/mol. The molecule has 0 aliphatic heterocycles. The molecule has 2 aromatic carbocycles. The number of hydrogen-bond acceptors (Lipinski definition) is 3. The lowest BCUT2D eigenvalue weighted by Crippen LogP contribution is -2.20. The molecule has 1 aliphatic rings. The molecule has 0 aromatic heterocycles. The smallest absolute Gasteiger partial charge is 0.261 e. The molecule has 132 valence electrons. The van der Waals surface area contributed by atoms with Gasteiger partial charge < -0.3 is 5.32 Å². The van der Waals surface area contributed by atoms with Crippen LogP contribution in [0.2, 0.25) is 5.02 Å². The Balaban J connectivity index is 1.75. The molecule has 25 heavy (non-hydrogen) atoms. The largest absolute Gasteiger partial charge is 0.326 e. The van der Waals surface area contributed by atoms with Gasteiger partial charge in [0.15, 0.2) is 0 Å². The second kappa shape index (κ2) is 7.45. The summed E-state index contributed by atoms with van der Waals surface area (Å²) in [6.07, 6.45) is 3.92. The first-order valence-electron chi connectivity index (χ1n) is 8.13. The van der Waals surface area contributed by atoms with Crippen molar-refractivity contribution in [2.75, 3.05) is 10.0 Å². The predicted octanol–water partition coefficient (Wildman–Crippen LogP) is 4.27. The minimum atomic E-state index is -3.75. The van der Waals surface area contributed by atoms with Crippen LogP contribution in [-0.4, -0.2) is 14.3 Å². The molecule has 0 atom stereocenters. The van der Waals surface area contributed by atoms with Crippen molar-refractivity contribution in [2.45, 2.75) is 30.6 Å². The van der Waals surface area contributed by atoms with Crippen molar-refractivity contribution >= 4 is 38.9 Å². The van der Waals surface area contributed by atoms with Crippen molar-refractivity contribution in [3.63, 3.8) is 0 Å². The molecule has 1 amide bonds. The van der Waals surface area contributed by atoms with E-state index < -0.39 is 10.0 Å². The first kappa shape index (κ1) is 17.8. The quantitative estimate of drug-likeness (QED) is 0.815. The van der Waals surface area contributed by atoms with E-state index in [0.29, 0.717) is 16.4 Å². The summed E-state index contributed by atoms with van der Waals surface area (Å²) in [6.45, 7) is 0. The van der Waals surface area contributed by atoms with Gasteiger partial charge in [0.2, 0.25) is 5.91 Å². The number of nitrogens with one attached hydrogen (secondary N) is 2. The van der Waals surface area contributed by atoms with Gasteiger partial charge in [-0.25, -0.2) is 8.42 Å². The van der Waals surface area contributed by atoms with Crippen LogP contribution >= 0.6 is 11.6 Å². The number of anilines is 2. The van der Waals surface area contributed by atoms with Crippen LogP contribution in [0.15, 0.2) is 53.4 Å². The van der Waals surface area contributed by atoms with Crippen LogP contribution in [0.3, 0.4) is 0 Å². The van der Waals surface area contributed by atoms with E-state index in [0.717, 1.165) is 25.7 Å². The van der Waals surface area contributed by atoms with Gasteiger partial charge in [-0.2, -0.15) is 0 Å². The van der Waals surface area contributed by atoms with Gasteiger partial charge in [-0.05, 0) is 55.3 Å². The number of sulfonamides is 1. The molecule has 7 heteroatoms. The highest BCUT2D eigenvalue weighted by Gasteiger charge is 2.23. The van der Waals surface area contributed by atoms with E-state index in [2.05, 4.69) is 10.0 Å². The number of halogens is 1. The number of rotatable bonds is 5. The molecule has 5 nitrogen and oxygen atoms in total. The zero-order valence-electron chi connectivity index (χ0n) is 13.5. The highest BCUT2D eigenvalue weighted by atomic mass is 35.5. The van der Waals surface area contributed by atoms with Gasteiger partial charge in [0.25, 0.3) is 10.0 Å². The van der Waals surface area contributed by atoms with Gasteiger partial charge in [0.1, 0.15) is 0 Å². The van der Waals surface area contributed by atoms with Crippen LogP contribution in [0, 0.1) is 5.92 Å². The summed E-state index contributed by atoms with van der Waals surface area (Å²) in [5, 5.41) is 3.35. The molecular weight excluding hydrogens is 360 g/mol. The Morgan fingerprint density at radius 3 is 2.36 bits per heavy atom. The highest BCUT2D eigenvalue weighted by Crippen LogP contribution is 2.27. The molecule has 2 aromatic rings. The topological polar surface area (TPSA) is 75.3 Å². The summed E-state index contributed by atoms with van der Waals surface area (Å²) in [6, 6.07) is 12.6. The average Bonchev–Trinajstić information content (AvgIpc) is 3.12. The normalized spacial score (nSPS) is 15.1. The number of amides is 1. The molecule has 0 spiro atoms. The van der Waals surface area contributed by atoms with Crippen molar-refractivity contribution in [1.82, 2.24) is 0 Å². The summed E-state index contributed by atoms with van der Waals surface area (Å²) in [4.78, 5) is 12.3. The summed E-state index contributed by atoms with van der Waals surface area (Å²) in [5.41, 5.74) is 0.903. The lowest BCUT2D eigenvalue weighted by molar-refractivity contribution is -0.119. The Hall–Kier alpha value is -2.05. The van der Waals surface area contributed by atoms with E-state index in [-0.39, 0.29) is 16.7 Å². The molecule has 0 bridgehead atoms. The van der Waals surface area contributed by atoms with Crippen molar-refractivity contribution in [3.8, 4) is 0 Å². The van der Waals surface area contributed by atoms with Gasteiger partial charge in [0.05, 0.1) is 4.90 Å². The SMILES string of the molecule is O=C(Nc1cccc(S(=O)(=O)Nc2ccc(Cl)cc2)c1)C1CCCC1. The molecule has 1 aliphatic carbocycles. The first-order valence-corrected chi connectivity index (χ1v) is 9.99. The lowest BCUT2D eigenvalue weighted by atomic mass is 10.1. The van der Waals surface area contributed by atoms with Crippen LogP contribution in [0.5, 0.6) is 0 Å². The minimum absolute atomic E-state index is 0.0208. The standard InChI is InChI=1S/C18H19ClN2O3S/c19-14-8-10-15(11-9-14)21-25(23,24)17-7-3-6-16(12-17)20-18(22)13-4-1-2-5-13/h3,6-13,21H,1-2,4-5H2,(H,20,22). The third kappa shape index (κ3) is 4.52. The second-order valence-corrected chi connectivity index (χ2v) is 8.23. The van der Waals surface area contributed by atoms with Gasteiger partial charge in [-0.1, -0.05) is 30.5 Å². The lowest BCUT2D eigenvalue weighted by Gasteiger charge is -2.12. The predicted molar refractivity (Wildman–Crippen MR) is 99.3 cm³/mol. The summed E-state index contributed by atoms with van der Waals surface area (Å²) in [7, 11) is -3.75. The fraction of sp³-hybridized carbons (Fsp3) is 0.278. The molecular formula is C18H19ClN2O3S. The zero-order valence-corrected chi connectivity index (χ0v) is 15.1. The highest BCUT2D eigenvalue weighted by molar-refractivity contribution is 7.92. The number of carbonyl (C=O) groups excluding carboxylic acids is 1. The van der Waals surface area contributed by atoms with E-state index in [1.54, 1.807) is 36.4 Å². The summed E-state index contributed by atoms with van der Waals surface area (Å²) >= 11 is 5.81. The van der Waals surface area contributed by atoms with Crippen LogP contribution in [0.4, 0.5) is 11.4 Å². The van der Waals surface area contributed by atoms with Crippen molar-refractivity contribution in [3.05, 3.63) is 53.6 Å². The Labute approximate surface area is 152 Å². The van der Waals surface area contributed by atoms with E-state index in [9.17, 15) is 13.2 Å².